The number of aliphatic carboxylic acids is 1. The first-order valence-electron chi connectivity index (χ1n) is 3.62. The quantitative estimate of drug-likeness (QED) is 0.605. The normalized spacial score (nSPS) is 31.2. The molecule has 0 radical (unpaired) electrons. The van der Waals surface area contributed by atoms with Crippen molar-refractivity contribution >= 4 is 5.97 Å². The van der Waals surface area contributed by atoms with Crippen molar-refractivity contribution in [2.24, 2.45) is 0 Å². The highest BCUT2D eigenvalue weighted by Crippen LogP contribution is 2.16. The summed E-state index contributed by atoms with van der Waals surface area (Å²) in [5.74, 6) is -0.852. The molecule has 1 rings (SSSR count). The van der Waals surface area contributed by atoms with Crippen molar-refractivity contribution in [1.29, 1.82) is 0 Å². The molecule has 0 aromatic rings. The van der Waals surface area contributed by atoms with E-state index in [-0.39, 0.29) is 6.04 Å². The lowest BCUT2D eigenvalue weighted by molar-refractivity contribution is -0.147. The Morgan fingerprint density at radius 3 is 2.55 bits per heavy atom. The Morgan fingerprint density at radius 2 is 2.27 bits per heavy atom. The van der Waals surface area contributed by atoms with Crippen LogP contribution in [0.25, 0.3) is 0 Å². The Morgan fingerprint density at radius 1 is 1.64 bits per heavy atom. The highest BCUT2D eigenvalue weighted by atomic mass is 16.5. The van der Waals surface area contributed by atoms with Crippen LogP contribution in [0.1, 0.15) is 6.42 Å². The fourth-order valence-electron chi connectivity index (χ4n) is 1.14. The van der Waals surface area contributed by atoms with Gasteiger partial charge in [0.25, 0.3) is 0 Å². The molecule has 0 spiro atoms. The molecule has 4 heteroatoms. The maximum absolute atomic E-state index is 10.4. The zero-order valence-corrected chi connectivity index (χ0v) is 6.78. The molecule has 11 heavy (non-hydrogen) atoms. The molecule has 2 unspecified atom stereocenters. The van der Waals surface area contributed by atoms with Crippen LogP contribution >= 0.6 is 0 Å². The van der Waals surface area contributed by atoms with Gasteiger partial charge in [-0.05, 0) is 14.1 Å². The molecule has 64 valence electrons. The van der Waals surface area contributed by atoms with Crippen LogP contribution in [0.15, 0.2) is 0 Å². The molecule has 1 aliphatic heterocycles. The van der Waals surface area contributed by atoms with Crippen molar-refractivity contribution in [3.8, 4) is 0 Å². The average molecular weight is 159 g/mol. The number of carboxylic acid groups (broad SMARTS) is 1. The fraction of sp³-hybridized carbons (Fsp3) is 0.857. The van der Waals surface area contributed by atoms with Gasteiger partial charge in [0, 0.05) is 12.5 Å². The molecule has 4 nitrogen and oxygen atoms in total. The summed E-state index contributed by atoms with van der Waals surface area (Å²) in [5, 5.41) is 8.57. The first-order chi connectivity index (χ1) is 5.11. The van der Waals surface area contributed by atoms with Crippen molar-refractivity contribution < 1.29 is 14.6 Å². The van der Waals surface area contributed by atoms with E-state index < -0.39 is 12.1 Å². The summed E-state index contributed by atoms with van der Waals surface area (Å²) in [5.41, 5.74) is 0. The zero-order valence-electron chi connectivity index (χ0n) is 6.78. The number of carboxylic acids is 1. The first-order valence-corrected chi connectivity index (χ1v) is 3.62. The second-order valence-electron chi connectivity index (χ2n) is 3.01. The Hall–Kier alpha value is -0.610. The van der Waals surface area contributed by atoms with E-state index in [0.717, 1.165) is 0 Å². The van der Waals surface area contributed by atoms with Crippen LogP contribution in [-0.4, -0.2) is 48.8 Å². The zero-order chi connectivity index (χ0) is 8.43. The van der Waals surface area contributed by atoms with Crippen LogP contribution < -0.4 is 0 Å². The molecule has 0 bridgehead atoms. The van der Waals surface area contributed by atoms with Gasteiger partial charge in [-0.15, -0.1) is 0 Å². The summed E-state index contributed by atoms with van der Waals surface area (Å²) in [6.45, 7) is 0.532. The third-order valence-electron chi connectivity index (χ3n) is 1.98. The van der Waals surface area contributed by atoms with Crippen molar-refractivity contribution in [3.63, 3.8) is 0 Å². The Labute approximate surface area is 65.8 Å². The van der Waals surface area contributed by atoms with E-state index in [0.29, 0.717) is 13.0 Å². The Balaban J connectivity index is 2.41. The Kier molecular flexibility index (Phi) is 2.46. The summed E-state index contributed by atoms with van der Waals surface area (Å²) < 4.78 is 5.05. The van der Waals surface area contributed by atoms with Crippen molar-refractivity contribution in [2.75, 3.05) is 20.7 Å². The average Bonchev–Trinajstić information content (AvgIpc) is 2.33. The van der Waals surface area contributed by atoms with Gasteiger partial charge in [-0.3, -0.25) is 0 Å². The lowest BCUT2D eigenvalue weighted by Crippen LogP contribution is -2.28. The van der Waals surface area contributed by atoms with Gasteiger partial charge in [-0.1, -0.05) is 0 Å². The van der Waals surface area contributed by atoms with Crippen LogP contribution in [0.3, 0.4) is 0 Å². The third kappa shape index (κ3) is 1.91. The van der Waals surface area contributed by atoms with Crippen LogP contribution in [0, 0.1) is 0 Å². The van der Waals surface area contributed by atoms with Gasteiger partial charge >= 0.3 is 5.97 Å². The minimum atomic E-state index is -0.852. The van der Waals surface area contributed by atoms with Gasteiger partial charge in [0.2, 0.25) is 0 Å². The molecule has 0 saturated carbocycles. The number of hydrogen-bond acceptors (Lipinski definition) is 3. The molecule has 1 saturated heterocycles. The molecule has 0 aliphatic carbocycles. The summed E-state index contributed by atoms with van der Waals surface area (Å²) in [6, 6.07) is 0.260. The first kappa shape index (κ1) is 8.49. The van der Waals surface area contributed by atoms with E-state index in [1.165, 1.54) is 0 Å². The van der Waals surface area contributed by atoms with Crippen molar-refractivity contribution in [2.45, 2.75) is 18.6 Å². The van der Waals surface area contributed by atoms with Gasteiger partial charge in [-0.25, -0.2) is 4.79 Å². The number of likely N-dealkylation sites (N-methyl/N-ethyl adjacent to an activating group) is 1. The highest BCUT2D eigenvalue weighted by Gasteiger charge is 2.31. The maximum atomic E-state index is 10.4. The molecular formula is C7H13NO3. The number of rotatable bonds is 2. The molecule has 1 N–H and O–H groups in total. The van der Waals surface area contributed by atoms with Gasteiger partial charge < -0.3 is 14.7 Å². The topological polar surface area (TPSA) is 49.8 Å². The highest BCUT2D eigenvalue weighted by molar-refractivity contribution is 5.72. The second-order valence-corrected chi connectivity index (χ2v) is 3.01. The predicted octanol–water partition coefficient (Wildman–Crippen LogP) is -0.210. The fourth-order valence-corrected chi connectivity index (χ4v) is 1.14. The molecule has 0 aromatic heterocycles. The monoisotopic (exact) mass is 159 g/mol. The molecule has 1 fully saturated rings. The van der Waals surface area contributed by atoms with Gasteiger partial charge in [-0.2, -0.15) is 0 Å². The lowest BCUT2D eigenvalue weighted by atomic mass is 10.2. The van der Waals surface area contributed by atoms with Crippen LogP contribution in [-0.2, 0) is 9.53 Å². The van der Waals surface area contributed by atoms with E-state index in [9.17, 15) is 4.79 Å². The maximum Gasteiger partial charge on any atom is 0.332 e. The lowest BCUT2D eigenvalue weighted by Gasteiger charge is -2.15. The van der Waals surface area contributed by atoms with E-state index in [2.05, 4.69) is 0 Å². The predicted molar refractivity (Wildman–Crippen MR) is 39.5 cm³/mol. The molecule has 0 aromatic carbocycles. The van der Waals surface area contributed by atoms with Gasteiger partial charge in [0.1, 0.15) is 0 Å². The summed E-state index contributed by atoms with van der Waals surface area (Å²) >= 11 is 0. The second kappa shape index (κ2) is 3.19. The summed E-state index contributed by atoms with van der Waals surface area (Å²) in [7, 11) is 3.86. The largest absolute Gasteiger partial charge is 0.479 e. The minimum absolute atomic E-state index is 0.260. The van der Waals surface area contributed by atoms with Gasteiger partial charge in [0.05, 0.1) is 6.61 Å². The molecule has 1 aliphatic rings. The number of ether oxygens (including phenoxy) is 1. The van der Waals surface area contributed by atoms with E-state index in [1.54, 1.807) is 0 Å². The smallest absolute Gasteiger partial charge is 0.332 e. The molecule has 1 heterocycles. The van der Waals surface area contributed by atoms with Crippen molar-refractivity contribution in [3.05, 3.63) is 0 Å². The SMILES string of the molecule is CN(C)C1COC(C(=O)O)C1. The number of nitrogens with zero attached hydrogens (tertiary/aromatic N) is 1. The number of hydrogen-bond donors (Lipinski definition) is 1. The van der Waals surface area contributed by atoms with E-state index in [4.69, 9.17) is 9.84 Å². The van der Waals surface area contributed by atoms with Crippen LogP contribution in [0.2, 0.25) is 0 Å². The molecule has 0 amide bonds. The molecular weight excluding hydrogens is 146 g/mol. The summed E-state index contributed by atoms with van der Waals surface area (Å²) in [6.07, 6.45) is 0.00454. The summed E-state index contributed by atoms with van der Waals surface area (Å²) in [4.78, 5) is 12.4. The van der Waals surface area contributed by atoms with E-state index >= 15 is 0 Å². The van der Waals surface area contributed by atoms with E-state index in [1.807, 2.05) is 19.0 Å². The minimum Gasteiger partial charge on any atom is -0.479 e. The standard InChI is InChI=1S/C7H13NO3/c1-8(2)5-3-6(7(9)10)11-4-5/h5-6H,3-4H2,1-2H3,(H,9,10). The Bertz CT molecular complexity index is 158. The van der Waals surface area contributed by atoms with Crippen molar-refractivity contribution in [1.82, 2.24) is 4.90 Å². The third-order valence-corrected chi connectivity index (χ3v) is 1.98. The number of carbonyl (C=O) groups is 1. The molecule has 2 atom stereocenters. The van der Waals surface area contributed by atoms with Gasteiger partial charge in [0.15, 0.2) is 6.10 Å². The van der Waals surface area contributed by atoms with Crippen LogP contribution in [0.5, 0.6) is 0 Å². The van der Waals surface area contributed by atoms with Crippen LogP contribution in [0.4, 0.5) is 0 Å².